The summed E-state index contributed by atoms with van der Waals surface area (Å²) in [5.41, 5.74) is 0.907. The maximum atomic E-state index is 6.97. The number of ether oxygens (including phenoxy) is 1. The van der Waals surface area contributed by atoms with E-state index >= 15 is 0 Å². The molecule has 1 unspecified atom stereocenters. The van der Waals surface area contributed by atoms with Crippen LogP contribution in [0.1, 0.15) is 26.7 Å². The Kier molecular flexibility index (Phi) is 5.93. The van der Waals surface area contributed by atoms with Gasteiger partial charge in [-0.2, -0.15) is 0 Å². The minimum absolute atomic E-state index is 0.139. The molecule has 1 atom stereocenters. The molecule has 0 aromatic carbocycles. The molecule has 0 aliphatic heterocycles. The third-order valence-electron chi connectivity index (χ3n) is 1.59. The Morgan fingerprint density at radius 2 is 2.25 bits per heavy atom. The lowest BCUT2D eigenvalue weighted by Gasteiger charge is -2.09. The molecule has 0 aromatic heterocycles. The number of hydrogen-bond donors (Lipinski definition) is 1. The van der Waals surface area contributed by atoms with Crippen molar-refractivity contribution in [2.24, 2.45) is 4.99 Å². The van der Waals surface area contributed by atoms with Gasteiger partial charge in [0.1, 0.15) is 0 Å². The van der Waals surface area contributed by atoms with Crippen molar-refractivity contribution < 1.29 is 4.74 Å². The van der Waals surface area contributed by atoms with Gasteiger partial charge in [0, 0.05) is 19.2 Å². The van der Waals surface area contributed by atoms with Crippen LogP contribution in [0.4, 0.5) is 0 Å². The summed E-state index contributed by atoms with van der Waals surface area (Å²) in [6.45, 7) is 3.95. The quantitative estimate of drug-likeness (QED) is 0.413. The molecule has 0 aliphatic carbocycles. The Hall–Kier alpha value is -0.410. The predicted octanol–water partition coefficient (Wildman–Crippen LogP) is 2.44. The van der Waals surface area contributed by atoms with E-state index in [1.807, 2.05) is 13.8 Å². The predicted molar refractivity (Wildman–Crippen MR) is 52.4 cm³/mol. The van der Waals surface area contributed by atoms with Crippen LogP contribution in [-0.2, 0) is 4.74 Å². The van der Waals surface area contributed by atoms with Gasteiger partial charge in [-0.05, 0) is 24.9 Å². The van der Waals surface area contributed by atoms with E-state index in [1.54, 1.807) is 7.11 Å². The first-order valence-electron chi connectivity index (χ1n) is 3.93. The summed E-state index contributed by atoms with van der Waals surface area (Å²) < 4.78 is 5.07. The van der Waals surface area contributed by atoms with Crippen molar-refractivity contribution in [2.75, 3.05) is 7.11 Å². The number of rotatable bonds is 4. The normalized spacial score (nSPS) is 14.5. The zero-order chi connectivity index (χ0) is 9.56. The molecular weight excluding hydrogens is 176 g/mol. The molecule has 70 valence electrons. The number of amidine groups is 1. The van der Waals surface area contributed by atoms with Gasteiger partial charge in [-0.1, -0.05) is 6.92 Å². The topological polar surface area (TPSA) is 45.4 Å². The van der Waals surface area contributed by atoms with Crippen LogP contribution in [0.25, 0.3) is 0 Å². The van der Waals surface area contributed by atoms with Crippen molar-refractivity contribution >= 4 is 22.6 Å². The number of nitrogens with zero attached hydrogens (tertiary/aromatic N) is 1. The SMILES string of the molecule is CC/C(CC(C)OC)=N\C(=N)Cl. The molecule has 12 heavy (non-hydrogen) atoms. The molecule has 0 spiro atoms. The summed E-state index contributed by atoms with van der Waals surface area (Å²) in [5.74, 6) is 0. The molecule has 0 rings (SSSR count). The molecule has 0 aliphatic rings. The maximum Gasteiger partial charge on any atom is 0.214 e. The number of halogens is 1. The Labute approximate surface area is 78.3 Å². The molecule has 3 nitrogen and oxygen atoms in total. The number of aliphatic imine (C=N–C) groups is 1. The van der Waals surface area contributed by atoms with Crippen LogP contribution in [0.5, 0.6) is 0 Å². The lowest BCUT2D eigenvalue weighted by atomic mass is 10.1. The van der Waals surface area contributed by atoms with Gasteiger partial charge in [-0.15, -0.1) is 0 Å². The molecule has 0 bridgehead atoms. The second-order valence-electron chi connectivity index (χ2n) is 2.57. The third-order valence-corrected chi connectivity index (χ3v) is 1.67. The molecule has 1 N–H and O–H groups in total. The van der Waals surface area contributed by atoms with Crippen molar-refractivity contribution in [1.82, 2.24) is 0 Å². The van der Waals surface area contributed by atoms with E-state index in [9.17, 15) is 0 Å². The maximum absolute atomic E-state index is 6.97. The van der Waals surface area contributed by atoms with E-state index in [-0.39, 0.29) is 11.4 Å². The van der Waals surface area contributed by atoms with Gasteiger partial charge in [0.25, 0.3) is 0 Å². The van der Waals surface area contributed by atoms with E-state index in [0.29, 0.717) is 0 Å². The van der Waals surface area contributed by atoms with Gasteiger partial charge in [0.05, 0.1) is 6.10 Å². The Morgan fingerprint density at radius 3 is 2.58 bits per heavy atom. The summed E-state index contributed by atoms with van der Waals surface area (Å²) in [6, 6.07) is 0. The van der Waals surface area contributed by atoms with Gasteiger partial charge in [-0.25, -0.2) is 4.99 Å². The average Bonchev–Trinajstić information content (AvgIpc) is 2.02. The minimum Gasteiger partial charge on any atom is -0.381 e. The molecule has 4 heteroatoms. The third kappa shape index (κ3) is 5.27. The highest BCUT2D eigenvalue weighted by atomic mass is 35.5. The summed E-state index contributed by atoms with van der Waals surface area (Å²) in [7, 11) is 1.66. The van der Waals surface area contributed by atoms with E-state index < -0.39 is 0 Å². The molecule has 0 radical (unpaired) electrons. The van der Waals surface area contributed by atoms with Crippen LogP contribution in [0.3, 0.4) is 0 Å². The van der Waals surface area contributed by atoms with Crippen LogP contribution >= 0.6 is 11.6 Å². The van der Waals surface area contributed by atoms with Crippen molar-refractivity contribution in [3.8, 4) is 0 Å². The summed E-state index contributed by atoms with van der Waals surface area (Å²) in [4.78, 5) is 3.87. The van der Waals surface area contributed by atoms with Crippen LogP contribution in [-0.4, -0.2) is 24.2 Å². The van der Waals surface area contributed by atoms with Crippen LogP contribution in [0.15, 0.2) is 4.99 Å². The Bertz CT molecular complexity index is 180. The van der Waals surface area contributed by atoms with Crippen molar-refractivity contribution in [1.29, 1.82) is 5.41 Å². The second kappa shape index (κ2) is 6.14. The summed E-state index contributed by atoms with van der Waals surface area (Å²) in [6.07, 6.45) is 1.69. The van der Waals surface area contributed by atoms with Crippen LogP contribution < -0.4 is 0 Å². The van der Waals surface area contributed by atoms with Crippen LogP contribution in [0.2, 0.25) is 0 Å². The number of hydrogen-bond acceptors (Lipinski definition) is 2. The fraction of sp³-hybridized carbons (Fsp3) is 0.750. The fourth-order valence-electron chi connectivity index (χ4n) is 0.823. The highest BCUT2D eigenvalue weighted by Gasteiger charge is 2.04. The summed E-state index contributed by atoms with van der Waals surface area (Å²) >= 11 is 5.33. The first-order valence-corrected chi connectivity index (χ1v) is 4.31. The largest absolute Gasteiger partial charge is 0.381 e. The molecule has 0 heterocycles. The van der Waals surface area contributed by atoms with Gasteiger partial charge < -0.3 is 4.74 Å². The van der Waals surface area contributed by atoms with Gasteiger partial charge in [-0.3, -0.25) is 5.41 Å². The zero-order valence-corrected chi connectivity index (χ0v) is 8.48. The summed E-state index contributed by atoms with van der Waals surface area (Å²) in [5, 5.41) is 6.81. The standard InChI is InChI=1S/C8H15ClN2O/c1-4-7(11-8(9)10)5-6(2)12-3/h6,10H,4-5H2,1-3H3/b10-8?,11-7+. The lowest BCUT2D eigenvalue weighted by molar-refractivity contribution is 0.124. The van der Waals surface area contributed by atoms with Gasteiger partial charge in [0.2, 0.25) is 5.29 Å². The van der Waals surface area contributed by atoms with Gasteiger partial charge in [0.15, 0.2) is 0 Å². The smallest absolute Gasteiger partial charge is 0.214 e. The first kappa shape index (κ1) is 11.6. The van der Waals surface area contributed by atoms with Crippen LogP contribution in [0, 0.1) is 5.41 Å². The second-order valence-corrected chi connectivity index (χ2v) is 2.93. The molecule has 0 aromatic rings. The van der Waals surface area contributed by atoms with Crippen molar-refractivity contribution in [3.05, 3.63) is 0 Å². The molecule has 0 saturated carbocycles. The minimum atomic E-state index is -0.157. The van der Waals surface area contributed by atoms with E-state index in [2.05, 4.69) is 4.99 Å². The average molecular weight is 191 g/mol. The first-order chi connectivity index (χ1) is 5.60. The van der Waals surface area contributed by atoms with E-state index in [0.717, 1.165) is 18.6 Å². The zero-order valence-electron chi connectivity index (χ0n) is 7.72. The van der Waals surface area contributed by atoms with Crippen molar-refractivity contribution in [3.63, 3.8) is 0 Å². The molecule has 0 saturated heterocycles. The van der Waals surface area contributed by atoms with Gasteiger partial charge >= 0.3 is 0 Å². The Balaban J connectivity index is 4.08. The van der Waals surface area contributed by atoms with E-state index in [1.165, 1.54) is 0 Å². The highest BCUT2D eigenvalue weighted by Crippen LogP contribution is 2.02. The monoisotopic (exact) mass is 190 g/mol. The molecule has 0 fully saturated rings. The van der Waals surface area contributed by atoms with E-state index in [4.69, 9.17) is 21.7 Å². The lowest BCUT2D eigenvalue weighted by Crippen LogP contribution is -2.12. The molecule has 0 amide bonds. The number of nitrogens with one attached hydrogen (secondary N) is 1. The fourth-order valence-corrected chi connectivity index (χ4v) is 0.943. The highest BCUT2D eigenvalue weighted by molar-refractivity contribution is 6.64. The number of methoxy groups -OCH3 is 1. The van der Waals surface area contributed by atoms with Crippen molar-refractivity contribution in [2.45, 2.75) is 32.8 Å². The molecular formula is C8H15ClN2O. The Morgan fingerprint density at radius 1 is 1.67 bits per heavy atom.